The molecule has 0 aliphatic heterocycles. The van der Waals surface area contributed by atoms with E-state index in [1.165, 1.54) is 0 Å². The van der Waals surface area contributed by atoms with E-state index in [2.05, 4.69) is 10.1 Å². The Morgan fingerprint density at radius 2 is 2.12 bits per heavy atom. The van der Waals surface area contributed by atoms with Gasteiger partial charge in [-0.15, -0.1) is 0 Å². The van der Waals surface area contributed by atoms with Gasteiger partial charge in [0.2, 0.25) is 0 Å². The number of benzene rings is 1. The minimum absolute atomic E-state index is 0.769. The quantitative estimate of drug-likeness (QED) is 0.758. The van der Waals surface area contributed by atoms with Gasteiger partial charge in [-0.1, -0.05) is 12.1 Å². The molecule has 0 N–H and O–H groups in total. The third kappa shape index (κ3) is 2.53. The second kappa shape index (κ2) is 4.82. The lowest BCUT2D eigenvalue weighted by Gasteiger charge is -2.02. The van der Waals surface area contributed by atoms with Crippen LogP contribution >= 0.6 is 0 Å². The van der Waals surface area contributed by atoms with Crippen molar-refractivity contribution in [3.8, 4) is 5.75 Å². The number of aryl methyl sites for hydroxylation is 2. The van der Waals surface area contributed by atoms with Crippen LogP contribution in [0.5, 0.6) is 5.75 Å². The molecule has 0 bridgehead atoms. The van der Waals surface area contributed by atoms with E-state index in [9.17, 15) is 0 Å². The zero-order valence-corrected chi connectivity index (χ0v) is 10.2. The first-order chi connectivity index (χ1) is 8.20. The third-order valence-corrected chi connectivity index (χ3v) is 2.48. The number of rotatable bonds is 3. The van der Waals surface area contributed by atoms with E-state index in [1.807, 2.05) is 44.4 Å². The van der Waals surface area contributed by atoms with E-state index in [1.54, 1.807) is 18.0 Å². The number of aromatic nitrogens is 2. The SMILES string of the molecule is COc1ccccc1N=Cc1cn(C)nc1C. The average Bonchev–Trinajstić information content (AvgIpc) is 2.65. The van der Waals surface area contributed by atoms with Gasteiger partial charge in [-0.3, -0.25) is 9.67 Å². The Kier molecular flexibility index (Phi) is 3.23. The van der Waals surface area contributed by atoms with Crippen LogP contribution in [0.1, 0.15) is 11.3 Å². The van der Waals surface area contributed by atoms with Crippen LogP contribution in [-0.2, 0) is 7.05 Å². The molecule has 88 valence electrons. The largest absolute Gasteiger partial charge is 0.494 e. The number of hydrogen-bond donors (Lipinski definition) is 0. The van der Waals surface area contributed by atoms with Crippen molar-refractivity contribution < 1.29 is 4.74 Å². The predicted octanol–water partition coefficient (Wildman–Crippen LogP) is 2.49. The summed E-state index contributed by atoms with van der Waals surface area (Å²) < 4.78 is 7.01. The molecule has 1 aromatic heterocycles. The van der Waals surface area contributed by atoms with Gasteiger partial charge < -0.3 is 4.74 Å². The van der Waals surface area contributed by atoms with Crippen LogP contribution in [0.25, 0.3) is 0 Å². The highest BCUT2D eigenvalue weighted by Crippen LogP contribution is 2.26. The molecule has 0 atom stereocenters. The first kappa shape index (κ1) is 11.4. The van der Waals surface area contributed by atoms with Gasteiger partial charge in [-0.05, 0) is 19.1 Å². The molecule has 1 heterocycles. The topological polar surface area (TPSA) is 39.4 Å². The smallest absolute Gasteiger partial charge is 0.144 e. The molecule has 2 aromatic rings. The lowest BCUT2D eigenvalue weighted by atomic mass is 10.2. The maximum atomic E-state index is 5.23. The average molecular weight is 229 g/mol. The summed E-state index contributed by atoms with van der Waals surface area (Å²) in [6.45, 7) is 1.96. The molecule has 0 saturated heterocycles. The van der Waals surface area contributed by atoms with Gasteiger partial charge in [0.25, 0.3) is 0 Å². The molecule has 0 unspecified atom stereocenters. The highest BCUT2D eigenvalue weighted by atomic mass is 16.5. The van der Waals surface area contributed by atoms with Crippen LogP contribution in [0.15, 0.2) is 35.5 Å². The molecule has 0 fully saturated rings. The zero-order chi connectivity index (χ0) is 12.3. The molecule has 0 saturated carbocycles. The Bertz CT molecular complexity index is 543. The molecule has 0 radical (unpaired) electrons. The van der Waals surface area contributed by atoms with Crippen molar-refractivity contribution >= 4 is 11.9 Å². The molecule has 17 heavy (non-hydrogen) atoms. The Morgan fingerprint density at radius 1 is 1.35 bits per heavy atom. The summed E-state index contributed by atoms with van der Waals surface area (Å²) in [6.07, 6.45) is 3.74. The molecule has 2 rings (SSSR count). The first-order valence-corrected chi connectivity index (χ1v) is 5.38. The number of ether oxygens (including phenoxy) is 1. The maximum absolute atomic E-state index is 5.23. The fraction of sp³-hybridized carbons (Fsp3) is 0.231. The molecule has 4 heteroatoms. The van der Waals surface area contributed by atoms with Crippen molar-refractivity contribution in [2.24, 2.45) is 12.0 Å². The summed E-state index contributed by atoms with van der Waals surface area (Å²) in [5, 5.41) is 4.26. The third-order valence-electron chi connectivity index (χ3n) is 2.48. The Labute approximate surface area is 101 Å². The van der Waals surface area contributed by atoms with Gasteiger partial charge in [0.05, 0.1) is 12.8 Å². The number of para-hydroxylation sites is 2. The fourth-order valence-corrected chi connectivity index (χ4v) is 1.62. The van der Waals surface area contributed by atoms with E-state index in [0.29, 0.717) is 0 Å². The highest BCUT2D eigenvalue weighted by molar-refractivity contribution is 5.83. The first-order valence-electron chi connectivity index (χ1n) is 5.38. The summed E-state index contributed by atoms with van der Waals surface area (Å²) in [4.78, 5) is 4.42. The Hall–Kier alpha value is -2.10. The van der Waals surface area contributed by atoms with Crippen molar-refractivity contribution in [2.45, 2.75) is 6.92 Å². The van der Waals surface area contributed by atoms with Gasteiger partial charge in [0, 0.05) is 25.0 Å². The van der Waals surface area contributed by atoms with Crippen molar-refractivity contribution in [1.29, 1.82) is 0 Å². The van der Waals surface area contributed by atoms with E-state index in [4.69, 9.17) is 4.74 Å². The minimum atomic E-state index is 0.769. The Morgan fingerprint density at radius 3 is 2.76 bits per heavy atom. The van der Waals surface area contributed by atoms with Gasteiger partial charge in [-0.25, -0.2) is 0 Å². The summed E-state index contributed by atoms with van der Waals surface area (Å²) in [5.74, 6) is 0.769. The summed E-state index contributed by atoms with van der Waals surface area (Å²) in [5.41, 5.74) is 2.79. The van der Waals surface area contributed by atoms with E-state index >= 15 is 0 Å². The summed E-state index contributed by atoms with van der Waals surface area (Å²) in [7, 11) is 3.54. The number of aliphatic imine (C=N–C) groups is 1. The van der Waals surface area contributed by atoms with Gasteiger partial charge in [0.15, 0.2) is 0 Å². The molecule has 4 nitrogen and oxygen atoms in total. The summed E-state index contributed by atoms with van der Waals surface area (Å²) >= 11 is 0. The minimum Gasteiger partial charge on any atom is -0.494 e. The molecule has 0 aliphatic carbocycles. The van der Waals surface area contributed by atoms with Gasteiger partial charge >= 0.3 is 0 Å². The lowest BCUT2D eigenvalue weighted by Crippen LogP contribution is -1.86. The van der Waals surface area contributed by atoms with Gasteiger partial charge in [-0.2, -0.15) is 5.10 Å². The van der Waals surface area contributed by atoms with Gasteiger partial charge in [0.1, 0.15) is 11.4 Å². The van der Waals surface area contributed by atoms with Crippen molar-refractivity contribution in [3.05, 3.63) is 41.7 Å². The predicted molar refractivity (Wildman–Crippen MR) is 68.2 cm³/mol. The van der Waals surface area contributed by atoms with Crippen LogP contribution in [0.4, 0.5) is 5.69 Å². The standard InChI is InChI=1S/C13H15N3O/c1-10-11(9-16(2)15-10)8-14-12-6-4-5-7-13(12)17-3/h4-9H,1-3H3. The molecule has 0 amide bonds. The van der Waals surface area contributed by atoms with Crippen LogP contribution in [0, 0.1) is 6.92 Å². The van der Waals surface area contributed by atoms with Crippen LogP contribution in [0.3, 0.4) is 0 Å². The normalized spacial score (nSPS) is 11.0. The second-order valence-electron chi connectivity index (χ2n) is 3.77. The monoisotopic (exact) mass is 229 g/mol. The Balaban J connectivity index is 2.29. The highest BCUT2D eigenvalue weighted by Gasteiger charge is 2.01. The second-order valence-corrected chi connectivity index (χ2v) is 3.77. The molecular formula is C13H15N3O. The molecule has 0 aliphatic rings. The van der Waals surface area contributed by atoms with Crippen LogP contribution < -0.4 is 4.74 Å². The van der Waals surface area contributed by atoms with Crippen molar-refractivity contribution in [3.63, 3.8) is 0 Å². The van der Waals surface area contributed by atoms with E-state index in [0.717, 1.165) is 22.7 Å². The molecular weight excluding hydrogens is 214 g/mol. The number of methoxy groups -OCH3 is 1. The number of hydrogen-bond acceptors (Lipinski definition) is 3. The number of nitrogens with zero attached hydrogens (tertiary/aromatic N) is 3. The molecule has 0 spiro atoms. The maximum Gasteiger partial charge on any atom is 0.144 e. The summed E-state index contributed by atoms with van der Waals surface area (Å²) in [6, 6.07) is 7.67. The molecule has 1 aromatic carbocycles. The van der Waals surface area contributed by atoms with Crippen LogP contribution in [0.2, 0.25) is 0 Å². The zero-order valence-electron chi connectivity index (χ0n) is 10.2. The van der Waals surface area contributed by atoms with Crippen molar-refractivity contribution in [2.75, 3.05) is 7.11 Å². The van der Waals surface area contributed by atoms with E-state index < -0.39 is 0 Å². The van der Waals surface area contributed by atoms with Crippen LogP contribution in [-0.4, -0.2) is 23.1 Å². The lowest BCUT2D eigenvalue weighted by molar-refractivity contribution is 0.416. The van der Waals surface area contributed by atoms with E-state index in [-0.39, 0.29) is 0 Å². The van der Waals surface area contributed by atoms with Crippen molar-refractivity contribution in [1.82, 2.24) is 9.78 Å². The fourth-order valence-electron chi connectivity index (χ4n) is 1.62.